The van der Waals surface area contributed by atoms with Crippen molar-refractivity contribution >= 4 is 29.2 Å². The Balaban J connectivity index is 1.45. The standard InChI is InChI=1S/C26H29ClN4O4/c1-18-6-5-7-19(14-18)26(33)29-20-8-9-23(21(15-20)25-22(27)16-28-30(25)2)34-12-13-35-24(32)17-31-10-3-4-11-31/h5-9,14-16H,3-4,10-13,17H2,1-2H3,(H,29,33). The van der Waals surface area contributed by atoms with Crippen LogP contribution in [0.2, 0.25) is 5.02 Å². The van der Waals surface area contributed by atoms with Gasteiger partial charge in [-0.2, -0.15) is 5.10 Å². The summed E-state index contributed by atoms with van der Waals surface area (Å²) in [5, 5.41) is 7.60. The number of halogens is 1. The summed E-state index contributed by atoms with van der Waals surface area (Å²) in [7, 11) is 1.78. The number of rotatable bonds is 9. The quantitative estimate of drug-likeness (QED) is 0.351. The lowest BCUT2D eigenvalue weighted by molar-refractivity contribution is -0.145. The molecule has 2 heterocycles. The first-order chi connectivity index (χ1) is 16.9. The van der Waals surface area contributed by atoms with Crippen LogP contribution in [0.1, 0.15) is 28.8 Å². The number of nitrogens with zero attached hydrogens (tertiary/aromatic N) is 3. The smallest absolute Gasteiger partial charge is 0.320 e. The summed E-state index contributed by atoms with van der Waals surface area (Å²) in [5.74, 6) is 0.0774. The number of aromatic nitrogens is 2. The first kappa shape index (κ1) is 24.8. The molecule has 9 heteroatoms. The highest BCUT2D eigenvalue weighted by molar-refractivity contribution is 6.33. The predicted octanol–water partition coefficient (Wildman–Crippen LogP) is 4.32. The number of hydrogen-bond donors (Lipinski definition) is 1. The van der Waals surface area contributed by atoms with Gasteiger partial charge in [-0.25, -0.2) is 0 Å². The predicted molar refractivity (Wildman–Crippen MR) is 135 cm³/mol. The zero-order valence-corrected chi connectivity index (χ0v) is 20.7. The fourth-order valence-corrected chi connectivity index (χ4v) is 4.37. The van der Waals surface area contributed by atoms with E-state index in [1.165, 1.54) is 0 Å². The largest absolute Gasteiger partial charge is 0.489 e. The fourth-order valence-electron chi connectivity index (χ4n) is 4.10. The van der Waals surface area contributed by atoms with Gasteiger partial charge in [0, 0.05) is 23.9 Å². The molecule has 1 fully saturated rings. The summed E-state index contributed by atoms with van der Waals surface area (Å²) in [6.07, 6.45) is 3.80. The zero-order chi connectivity index (χ0) is 24.8. The highest BCUT2D eigenvalue weighted by Crippen LogP contribution is 2.36. The maximum absolute atomic E-state index is 12.7. The highest BCUT2D eigenvalue weighted by atomic mass is 35.5. The van der Waals surface area contributed by atoms with Gasteiger partial charge in [-0.1, -0.05) is 29.3 Å². The van der Waals surface area contributed by atoms with Crippen LogP contribution < -0.4 is 10.1 Å². The Bertz CT molecular complexity index is 1180. The average molecular weight is 497 g/mol. The number of aryl methyl sites for hydroxylation is 2. The molecule has 184 valence electrons. The van der Waals surface area contributed by atoms with Gasteiger partial charge in [-0.05, 0) is 63.2 Å². The first-order valence-electron chi connectivity index (χ1n) is 11.6. The Morgan fingerprint density at radius 1 is 1.11 bits per heavy atom. The van der Waals surface area contributed by atoms with E-state index in [1.54, 1.807) is 42.2 Å². The van der Waals surface area contributed by atoms with Crippen LogP contribution in [0.25, 0.3) is 11.3 Å². The number of ether oxygens (including phenoxy) is 2. The van der Waals surface area contributed by atoms with Crippen molar-refractivity contribution in [2.24, 2.45) is 7.05 Å². The Labute approximate surface area is 209 Å². The van der Waals surface area contributed by atoms with Gasteiger partial charge < -0.3 is 14.8 Å². The summed E-state index contributed by atoms with van der Waals surface area (Å²) in [6.45, 7) is 4.45. The van der Waals surface area contributed by atoms with Crippen LogP contribution in [0.5, 0.6) is 5.75 Å². The van der Waals surface area contributed by atoms with Gasteiger partial charge in [0.1, 0.15) is 19.0 Å². The zero-order valence-electron chi connectivity index (χ0n) is 19.9. The van der Waals surface area contributed by atoms with E-state index in [9.17, 15) is 9.59 Å². The Kier molecular flexibility index (Phi) is 8.05. The van der Waals surface area contributed by atoms with E-state index in [4.69, 9.17) is 21.1 Å². The van der Waals surface area contributed by atoms with Gasteiger partial charge >= 0.3 is 5.97 Å². The van der Waals surface area contributed by atoms with Crippen LogP contribution in [-0.2, 0) is 16.6 Å². The number of carbonyl (C=O) groups is 2. The molecule has 35 heavy (non-hydrogen) atoms. The molecular weight excluding hydrogens is 468 g/mol. The number of anilines is 1. The number of likely N-dealkylation sites (tertiary alicyclic amines) is 1. The van der Waals surface area contributed by atoms with Gasteiger partial charge in [0.15, 0.2) is 0 Å². The third kappa shape index (κ3) is 6.41. The second-order valence-corrected chi connectivity index (χ2v) is 8.96. The molecule has 3 aromatic rings. The van der Waals surface area contributed by atoms with Crippen molar-refractivity contribution in [2.45, 2.75) is 19.8 Å². The lowest BCUT2D eigenvalue weighted by Gasteiger charge is -2.16. The van der Waals surface area contributed by atoms with E-state index in [2.05, 4.69) is 15.3 Å². The van der Waals surface area contributed by atoms with Crippen molar-refractivity contribution in [3.8, 4) is 17.0 Å². The molecule has 1 aliphatic heterocycles. The maximum Gasteiger partial charge on any atom is 0.320 e. The Morgan fingerprint density at radius 3 is 2.63 bits per heavy atom. The van der Waals surface area contributed by atoms with Crippen LogP contribution in [-0.4, -0.2) is 59.4 Å². The molecular formula is C26H29ClN4O4. The van der Waals surface area contributed by atoms with Crippen molar-refractivity contribution in [3.63, 3.8) is 0 Å². The first-order valence-corrected chi connectivity index (χ1v) is 12.0. The SMILES string of the molecule is Cc1cccc(C(=O)Nc2ccc(OCCOC(=O)CN3CCCC3)c(-c3c(Cl)cnn3C)c2)c1. The molecule has 1 N–H and O–H groups in total. The number of carbonyl (C=O) groups excluding carboxylic acids is 2. The van der Waals surface area contributed by atoms with E-state index >= 15 is 0 Å². The second-order valence-electron chi connectivity index (χ2n) is 8.55. The molecule has 8 nitrogen and oxygen atoms in total. The minimum atomic E-state index is -0.250. The molecule has 4 rings (SSSR count). The average Bonchev–Trinajstić information content (AvgIpc) is 3.46. The van der Waals surface area contributed by atoms with Crippen LogP contribution in [0, 0.1) is 6.92 Å². The molecule has 1 saturated heterocycles. The number of nitrogens with one attached hydrogen (secondary N) is 1. The van der Waals surface area contributed by atoms with Gasteiger partial charge in [0.25, 0.3) is 5.91 Å². The molecule has 0 atom stereocenters. The van der Waals surface area contributed by atoms with Crippen LogP contribution in [0.4, 0.5) is 5.69 Å². The molecule has 0 saturated carbocycles. The molecule has 0 bridgehead atoms. The summed E-state index contributed by atoms with van der Waals surface area (Å²) < 4.78 is 12.9. The third-order valence-corrected chi connectivity index (χ3v) is 6.10. The maximum atomic E-state index is 12.7. The number of amides is 1. The molecule has 1 aromatic heterocycles. The van der Waals surface area contributed by atoms with Gasteiger partial charge in [0.2, 0.25) is 0 Å². The molecule has 1 amide bonds. The molecule has 0 unspecified atom stereocenters. The lowest BCUT2D eigenvalue weighted by atomic mass is 10.1. The van der Waals surface area contributed by atoms with E-state index < -0.39 is 0 Å². The van der Waals surface area contributed by atoms with Gasteiger partial charge in [-0.3, -0.25) is 19.2 Å². The summed E-state index contributed by atoms with van der Waals surface area (Å²) in [4.78, 5) is 26.9. The molecule has 1 aliphatic rings. The Hall–Kier alpha value is -3.36. The normalized spacial score (nSPS) is 13.6. The van der Waals surface area contributed by atoms with E-state index in [1.807, 2.05) is 25.1 Å². The van der Waals surface area contributed by atoms with Gasteiger partial charge in [-0.15, -0.1) is 0 Å². The summed E-state index contributed by atoms with van der Waals surface area (Å²) >= 11 is 6.41. The molecule has 2 aromatic carbocycles. The monoisotopic (exact) mass is 496 g/mol. The van der Waals surface area contributed by atoms with Crippen molar-refractivity contribution < 1.29 is 19.1 Å². The highest BCUT2D eigenvalue weighted by Gasteiger charge is 2.18. The van der Waals surface area contributed by atoms with E-state index in [0.717, 1.165) is 31.5 Å². The summed E-state index contributed by atoms with van der Waals surface area (Å²) in [5.41, 5.74) is 3.49. The Morgan fingerprint density at radius 2 is 1.91 bits per heavy atom. The van der Waals surface area contributed by atoms with Crippen molar-refractivity contribution in [1.29, 1.82) is 0 Å². The van der Waals surface area contributed by atoms with E-state index in [0.29, 0.717) is 39.8 Å². The van der Waals surface area contributed by atoms with Gasteiger partial charge in [0.05, 0.1) is 23.5 Å². The lowest BCUT2D eigenvalue weighted by Crippen LogP contribution is -2.29. The van der Waals surface area contributed by atoms with Crippen LogP contribution in [0.3, 0.4) is 0 Å². The third-order valence-electron chi connectivity index (χ3n) is 5.82. The molecule has 0 radical (unpaired) electrons. The minimum absolute atomic E-state index is 0.136. The second kappa shape index (κ2) is 11.4. The van der Waals surface area contributed by atoms with Crippen LogP contribution in [0.15, 0.2) is 48.7 Å². The minimum Gasteiger partial charge on any atom is -0.489 e. The van der Waals surface area contributed by atoms with Crippen molar-refractivity contribution in [3.05, 3.63) is 64.8 Å². The van der Waals surface area contributed by atoms with Crippen molar-refractivity contribution in [2.75, 3.05) is 38.2 Å². The molecule has 0 aliphatic carbocycles. The number of benzene rings is 2. The van der Waals surface area contributed by atoms with E-state index in [-0.39, 0.29) is 25.1 Å². The van der Waals surface area contributed by atoms with Crippen molar-refractivity contribution in [1.82, 2.24) is 14.7 Å². The topological polar surface area (TPSA) is 85.7 Å². The number of hydrogen-bond acceptors (Lipinski definition) is 6. The number of esters is 1. The molecule has 0 spiro atoms. The summed E-state index contributed by atoms with van der Waals surface area (Å²) in [6, 6.07) is 12.7. The fraction of sp³-hybridized carbons (Fsp3) is 0.346. The van der Waals surface area contributed by atoms with Crippen LogP contribution >= 0.6 is 11.6 Å².